The van der Waals surface area contributed by atoms with Crippen LogP contribution < -0.4 is 20.6 Å². The lowest BCUT2D eigenvalue weighted by molar-refractivity contribution is -0.137. The Labute approximate surface area is 190 Å². The maximum atomic E-state index is 13.2. The molecule has 2 N–H and O–H groups in total. The predicted octanol–water partition coefficient (Wildman–Crippen LogP) is 2.20. The first-order chi connectivity index (χ1) is 15.3. The molecule has 2 atom stereocenters. The highest BCUT2D eigenvalue weighted by Gasteiger charge is 2.32. The molecule has 1 saturated heterocycles. The summed E-state index contributed by atoms with van der Waals surface area (Å²) in [5.41, 5.74) is 1.30. The Kier molecular flexibility index (Phi) is 7.69. The third-order valence-electron chi connectivity index (χ3n) is 5.80. The Bertz CT molecular complexity index is 960. The minimum absolute atomic E-state index is 0.0353. The number of ether oxygens (including phenoxy) is 1. The molecule has 1 heterocycles. The molecule has 0 saturated carbocycles. The van der Waals surface area contributed by atoms with Crippen LogP contribution in [-0.4, -0.2) is 51.1 Å². The Balaban J connectivity index is 1.80. The molecular formula is C24H31N3O4Si. The molecule has 0 aliphatic carbocycles. The van der Waals surface area contributed by atoms with Crippen molar-refractivity contribution < 1.29 is 19.1 Å². The number of carbonyl (C=O) groups is 3. The standard InChI is InChI=1S/C24H31N3O4Si/c1-16(27-15-5-6-21(27)28)23(29)26-22(17-7-11-19(31-2)12-8-17)24(30)25-18-9-13-20(14-10-18)32(3)4/h7-14,16,22,32H,5-6,15H2,1-4H3,(H,25,30)(H,26,29). The number of anilines is 1. The van der Waals surface area contributed by atoms with Gasteiger partial charge in [-0.25, -0.2) is 0 Å². The van der Waals surface area contributed by atoms with Gasteiger partial charge >= 0.3 is 0 Å². The molecule has 0 aromatic heterocycles. The third kappa shape index (κ3) is 5.56. The molecule has 32 heavy (non-hydrogen) atoms. The highest BCUT2D eigenvalue weighted by Crippen LogP contribution is 2.21. The summed E-state index contributed by atoms with van der Waals surface area (Å²) < 4.78 is 5.21. The highest BCUT2D eigenvalue weighted by atomic mass is 28.3. The SMILES string of the molecule is COc1ccc(C(NC(=O)C(C)N2CCCC2=O)C(=O)Nc2ccc([SiH](C)C)cc2)cc1. The fourth-order valence-electron chi connectivity index (χ4n) is 3.75. The largest absolute Gasteiger partial charge is 0.497 e. The minimum atomic E-state index is -0.923. The van der Waals surface area contributed by atoms with Crippen molar-refractivity contribution in [2.24, 2.45) is 0 Å². The van der Waals surface area contributed by atoms with Crippen LogP contribution in [-0.2, 0) is 14.4 Å². The molecule has 3 rings (SSSR count). The Morgan fingerprint density at radius 2 is 1.69 bits per heavy atom. The van der Waals surface area contributed by atoms with Crippen molar-refractivity contribution in [3.8, 4) is 5.75 Å². The van der Waals surface area contributed by atoms with Crippen molar-refractivity contribution in [1.82, 2.24) is 10.2 Å². The molecular weight excluding hydrogens is 422 g/mol. The van der Waals surface area contributed by atoms with Crippen LogP contribution in [0.1, 0.15) is 31.4 Å². The summed E-state index contributed by atoms with van der Waals surface area (Å²) in [7, 11) is 0.646. The molecule has 0 bridgehead atoms. The number of hydrogen-bond donors (Lipinski definition) is 2. The van der Waals surface area contributed by atoms with Crippen LogP contribution in [0, 0.1) is 0 Å². The molecule has 3 amide bonds. The lowest BCUT2D eigenvalue weighted by Gasteiger charge is -2.26. The smallest absolute Gasteiger partial charge is 0.251 e. The summed E-state index contributed by atoms with van der Waals surface area (Å²) in [4.78, 5) is 39.8. The number of rotatable bonds is 8. The van der Waals surface area contributed by atoms with E-state index in [1.807, 2.05) is 24.3 Å². The lowest BCUT2D eigenvalue weighted by Crippen LogP contribution is -2.48. The number of hydrogen-bond acceptors (Lipinski definition) is 4. The van der Waals surface area contributed by atoms with E-state index in [9.17, 15) is 14.4 Å². The Morgan fingerprint density at radius 3 is 2.22 bits per heavy atom. The van der Waals surface area contributed by atoms with Gasteiger partial charge < -0.3 is 20.3 Å². The van der Waals surface area contributed by atoms with E-state index >= 15 is 0 Å². The van der Waals surface area contributed by atoms with Gasteiger partial charge in [0.25, 0.3) is 5.91 Å². The molecule has 0 radical (unpaired) electrons. The molecule has 2 unspecified atom stereocenters. The summed E-state index contributed by atoms with van der Waals surface area (Å²) in [6.07, 6.45) is 1.20. The molecule has 1 fully saturated rings. The number of nitrogens with zero attached hydrogens (tertiary/aromatic N) is 1. The van der Waals surface area contributed by atoms with Gasteiger partial charge in [0.1, 0.15) is 17.8 Å². The fourth-order valence-corrected chi connectivity index (χ4v) is 4.71. The molecule has 2 aromatic carbocycles. The van der Waals surface area contributed by atoms with Gasteiger partial charge in [-0.15, -0.1) is 0 Å². The highest BCUT2D eigenvalue weighted by molar-refractivity contribution is 6.70. The zero-order chi connectivity index (χ0) is 23.3. The van der Waals surface area contributed by atoms with Gasteiger partial charge in [-0.1, -0.05) is 42.5 Å². The minimum Gasteiger partial charge on any atom is -0.497 e. The number of nitrogens with one attached hydrogen (secondary N) is 2. The van der Waals surface area contributed by atoms with E-state index in [1.165, 1.54) is 5.19 Å². The number of methoxy groups -OCH3 is 1. The van der Waals surface area contributed by atoms with Crippen LogP contribution in [0.15, 0.2) is 48.5 Å². The number of likely N-dealkylation sites (tertiary alicyclic amines) is 1. The monoisotopic (exact) mass is 453 g/mol. The molecule has 0 spiro atoms. The second-order valence-electron chi connectivity index (χ2n) is 8.35. The van der Waals surface area contributed by atoms with Crippen LogP contribution in [0.5, 0.6) is 5.75 Å². The first-order valence-corrected chi connectivity index (χ1v) is 13.8. The van der Waals surface area contributed by atoms with E-state index in [0.29, 0.717) is 30.0 Å². The quantitative estimate of drug-likeness (QED) is 0.600. The average molecular weight is 454 g/mol. The first kappa shape index (κ1) is 23.5. The van der Waals surface area contributed by atoms with Crippen LogP contribution in [0.2, 0.25) is 13.1 Å². The topological polar surface area (TPSA) is 87.7 Å². The molecule has 1 aliphatic heterocycles. The second kappa shape index (κ2) is 10.5. The lowest BCUT2D eigenvalue weighted by atomic mass is 10.0. The maximum absolute atomic E-state index is 13.2. The van der Waals surface area contributed by atoms with Crippen molar-refractivity contribution in [3.05, 3.63) is 54.1 Å². The van der Waals surface area contributed by atoms with E-state index in [2.05, 4.69) is 23.7 Å². The van der Waals surface area contributed by atoms with Gasteiger partial charge in [0.2, 0.25) is 11.8 Å². The van der Waals surface area contributed by atoms with Crippen molar-refractivity contribution in [1.29, 1.82) is 0 Å². The van der Waals surface area contributed by atoms with E-state index in [1.54, 1.807) is 43.2 Å². The van der Waals surface area contributed by atoms with Crippen LogP contribution in [0.3, 0.4) is 0 Å². The van der Waals surface area contributed by atoms with Gasteiger partial charge in [-0.2, -0.15) is 0 Å². The fraction of sp³-hybridized carbons (Fsp3) is 0.375. The summed E-state index contributed by atoms with van der Waals surface area (Å²) in [6, 6.07) is 13.3. The van der Waals surface area contributed by atoms with Crippen LogP contribution in [0.4, 0.5) is 5.69 Å². The summed E-state index contributed by atoms with van der Waals surface area (Å²) >= 11 is 0. The zero-order valence-electron chi connectivity index (χ0n) is 19.1. The summed E-state index contributed by atoms with van der Waals surface area (Å²) in [5.74, 6) is -0.0917. The van der Waals surface area contributed by atoms with E-state index in [0.717, 1.165) is 6.42 Å². The van der Waals surface area contributed by atoms with Gasteiger partial charge in [-0.05, 0) is 43.2 Å². The van der Waals surface area contributed by atoms with Crippen LogP contribution >= 0.6 is 0 Å². The van der Waals surface area contributed by atoms with E-state index < -0.39 is 20.9 Å². The van der Waals surface area contributed by atoms with Gasteiger partial charge in [0.15, 0.2) is 0 Å². The maximum Gasteiger partial charge on any atom is 0.251 e. The van der Waals surface area contributed by atoms with Gasteiger partial charge in [0.05, 0.1) is 15.9 Å². The molecule has 8 heteroatoms. The number of amides is 3. The average Bonchev–Trinajstić information content (AvgIpc) is 3.22. The normalized spacial score (nSPS) is 15.4. The Hall–Kier alpha value is -3.13. The second-order valence-corrected chi connectivity index (χ2v) is 11.3. The number of benzene rings is 2. The summed E-state index contributed by atoms with van der Waals surface area (Å²) in [6.45, 7) is 6.73. The van der Waals surface area contributed by atoms with Crippen molar-refractivity contribution >= 4 is 37.4 Å². The van der Waals surface area contributed by atoms with E-state index in [-0.39, 0.29) is 17.7 Å². The van der Waals surface area contributed by atoms with Gasteiger partial charge in [0, 0.05) is 18.7 Å². The first-order valence-electron chi connectivity index (χ1n) is 10.9. The molecule has 7 nitrogen and oxygen atoms in total. The van der Waals surface area contributed by atoms with Crippen LogP contribution in [0.25, 0.3) is 0 Å². The summed E-state index contributed by atoms with van der Waals surface area (Å²) in [5, 5.41) is 7.06. The Morgan fingerprint density at radius 1 is 1.03 bits per heavy atom. The predicted molar refractivity (Wildman–Crippen MR) is 128 cm³/mol. The number of carbonyl (C=O) groups excluding carboxylic acids is 3. The van der Waals surface area contributed by atoms with Gasteiger partial charge in [-0.3, -0.25) is 14.4 Å². The van der Waals surface area contributed by atoms with Crippen molar-refractivity contribution in [2.75, 3.05) is 19.0 Å². The molecule has 2 aromatic rings. The van der Waals surface area contributed by atoms with Crippen molar-refractivity contribution in [2.45, 2.75) is 44.9 Å². The molecule has 170 valence electrons. The zero-order valence-corrected chi connectivity index (χ0v) is 20.2. The molecule has 1 aliphatic rings. The van der Waals surface area contributed by atoms with Crippen molar-refractivity contribution in [3.63, 3.8) is 0 Å². The third-order valence-corrected chi connectivity index (χ3v) is 7.52. The van der Waals surface area contributed by atoms with E-state index in [4.69, 9.17) is 4.74 Å².